The zero-order chi connectivity index (χ0) is 9.26. The highest BCUT2D eigenvalue weighted by atomic mass is 16.4. The molecule has 2 heterocycles. The van der Waals surface area contributed by atoms with Crippen molar-refractivity contribution in [3.8, 4) is 0 Å². The molecule has 0 aliphatic carbocycles. The average Bonchev–Trinajstić information content (AvgIpc) is 2.17. The summed E-state index contributed by atoms with van der Waals surface area (Å²) in [6.07, 6.45) is 1.73. The Morgan fingerprint density at radius 3 is 3.23 bits per heavy atom. The van der Waals surface area contributed by atoms with Crippen molar-refractivity contribution >= 4 is 11.9 Å². The van der Waals surface area contributed by atoms with E-state index in [0.717, 1.165) is 32.0 Å². The van der Waals surface area contributed by atoms with E-state index in [1.807, 2.05) is 0 Å². The van der Waals surface area contributed by atoms with E-state index in [1.54, 1.807) is 0 Å². The largest absolute Gasteiger partial charge is 0.480 e. The average molecular weight is 183 g/mol. The molecule has 0 spiro atoms. The highest BCUT2D eigenvalue weighted by Crippen LogP contribution is 2.10. The second kappa shape index (κ2) is 3.24. The van der Waals surface area contributed by atoms with E-state index in [0.29, 0.717) is 6.42 Å². The maximum Gasteiger partial charge on any atom is 0.326 e. The summed E-state index contributed by atoms with van der Waals surface area (Å²) in [6, 6.07) is -0.451. The van der Waals surface area contributed by atoms with Crippen molar-refractivity contribution < 1.29 is 9.90 Å². The molecule has 0 amide bonds. The molecule has 0 aromatic carbocycles. The number of fused-ring (bicyclic) bond motifs is 1. The van der Waals surface area contributed by atoms with Crippen LogP contribution >= 0.6 is 0 Å². The third kappa shape index (κ3) is 1.59. The number of guanidine groups is 1. The maximum atomic E-state index is 10.7. The topological polar surface area (TPSA) is 64.9 Å². The number of carboxylic acid groups (broad SMARTS) is 1. The van der Waals surface area contributed by atoms with Crippen LogP contribution in [0.3, 0.4) is 0 Å². The van der Waals surface area contributed by atoms with Gasteiger partial charge in [-0.2, -0.15) is 0 Å². The fraction of sp³-hybridized carbons (Fsp3) is 0.750. The lowest BCUT2D eigenvalue weighted by molar-refractivity contribution is -0.139. The minimum atomic E-state index is -0.784. The van der Waals surface area contributed by atoms with E-state index < -0.39 is 12.0 Å². The van der Waals surface area contributed by atoms with Crippen LogP contribution in [0.1, 0.15) is 12.8 Å². The molecular formula is C8H13N3O2. The number of rotatable bonds is 1. The molecule has 1 atom stereocenters. The van der Waals surface area contributed by atoms with Crippen molar-refractivity contribution in [1.82, 2.24) is 10.2 Å². The Morgan fingerprint density at radius 2 is 2.46 bits per heavy atom. The van der Waals surface area contributed by atoms with Crippen molar-refractivity contribution in [3.63, 3.8) is 0 Å². The number of hydrogen-bond acceptors (Lipinski definition) is 4. The molecule has 2 N–H and O–H groups in total. The first-order valence-corrected chi connectivity index (χ1v) is 4.56. The van der Waals surface area contributed by atoms with Gasteiger partial charge in [0.25, 0.3) is 0 Å². The summed E-state index contributed by atoms with van der Waals surface area (Å²) >= 11 is 0. The van der Waals surface area contributed by atoms with Crippen LogP contribution in [0.4, 0.5) is 0 Å². The Bertz CT molecular complexity index is 252. The fourth-order valence-corrected chi connectivity index (χ4v) is 1.71. The third-order valence-electron chi connectivity index (χ3n) is 2.44. The van der Waals surface area contributed by atoms with Gasteiger partial charge < -0.3 is 15.3 Å². The molecule has 1 saturated heterocycles. The predicted octanol–water partition coefficient (Wildman–Crippen LogP) is -0.505. The SMILES string of the molecule is O=C(O)C1CCN2CCCN=C2N1. The van der Waals surface area contributed by atoms with Gasteiger partial charge in [-0.15, -0.1) is 0 Å². The molecule has 5 heteroatoms. The van der Waals surface area contributed by atoms with Crippen molar-refractivity contribution in [2.24, 2.45) is 4.99 Å². The van der Waals surface area contributed by atoms with E-state index in [2.05, 4.69) is 15.2 Å². The number of nitrogens with zero attached hydrogens (tertiary/aromatic N) is 2. The van der Waals surface area contributed by atoms with Crippen molar-refractivity contribution in [2.45, 2.75) is 18.9 Å². The second-order valence-corrected chi connectivity index (χ2v) is 3.37. The van der Waals surface area contributed by atoms with Gasteiger partial charge in [-0.3, -0.25) is 4.99 Å². The molecule has 0 radical (unpaired) electrons. The summed E-state index contributed by atoms with van der Waals surface area (Å²) in [5.74, 6) is -0.0159. The van der Waals surface area contributed by atoms with Crippen molar-refractivity contribution in [1.29, 1.82) is 0 Å². The molecule has 13 heavy (non-hydrogen) atoms. The number of carboxylic acids is 1. The maximum absolute atomic E-state index is 10.7. The van der Waals surface area contributed by atoms with Crippen LogP contribution in [-0.2, 0) is 4.79 Å². The molecular weight excluding hydrogens is 170 g/mol. The third-order valence-corrected chi connectivity index (χ3v) is 2.44. The highest BCUT2D eigenvalue weighted by Gasteiger charge is 2.28. The molecule has 2 rings (SSSR count). The molecule has 2 aliphatic heterocycles. The zero-order valence-corrected chi connectivity index (χ0v) is 7.36. The first kappa shape index (κ1) is 8.34. The van der Waals surface area contributed by atoms with Crippen LogP contribution in [-0.4, -0.2) is 47.6 Å². The highest BCUT2D eigenvalue weighted by molar-refractivity contribution is 5.87. The van der Waals surface area contributed by atoms with Gasteiger partial charge in [0.05, 0.1) is 0 Å². The Hall–Kier alpha value is -1.26. The summed E-state index contributed by atoms with van der Waals surface area (Å²) in [7, 11) is 0. The molecule has 0 saturated carbocycles. The molecule has 1 unspecified atom stereocenters. The number of aliphatic imine (C=N–C) groups is 1. The number of carbonyl (C=O) groups is 1. The first-order valence-electron chi connectivity index (χ1n) is 4.56. The van der Waals surface area contributed by atoms with E-state index >= 15 is 0 Å². The Kier molecular flexibility index (Phi) is 2.08. The molecule has 0 bridgehead atoms. The normalized spacial score (nSPS) is 27.2. The minimum absolute atomic E-state index is 0.451. The quantitative estimate of drug-likeness (QED) is 0.575. The predicted molar refractivity (Wildman–Crippen MR) is 47.7 cm³/mol. The Labute approximate surface area is 76.4 Å². The summed E-state index contributed by atoms with van der Waals surface area (Å²) < 4.78 is 0. The molecule has 72 valence electrons. The van der Waals surface area contributed by atoms with Crippen molar-refractivity contribution in [2.75, 3.05) is 19.6 Å². The first-order chi connectivity index (χ1) is 6.27. The Morgan fingerprint density at radius 1 is 1.62 bits per heavy atom. The van der Waals surface area contributed by atoms with Crippen LogP contribution in [0, 0.1) is 0 Å². The lowest BCUT2D eigenvalue weighted by Crippen LogP contribution is -2.56. The fourth-order valence-electron chi connectivity index (χ4n) is 1.71. The van der Waals surface area contributed by atoms with Crippen molar-refractivity contribution in [3.05, 3.63) is 0 Å². The molecule has 2 aliphatic rings. The summed E-state index contributed by atoms with van der Waals surface area (Å²) in [5, 5.41) is 11.7. The van der Waals surface area contributed by atoms with E-state index in [1.165, 1.54) is 0 Å². The molecule has 0 aromatic heterocycles. The number of nitrogens with one attached hydrogen (secondary N) is 1. The number of aliphatic carboxylic acids is 1. The van der Waals surface area contributed by atoms with Gasteiger partial charge >= 0.3 is 5.97 Å². The molecule has 1 fully saturated rings. The van der Waals surface area contributed by atoms with Gasteiger partial charge in [-0.25, -0.2) is 4.79 Å². The summed E-state index contributed by atoms with van der Waals surface area (Å²) in [5.41, 5.74) is 0. The van der Waals surface area contributed by atoms with Gasteiger partial charge in [-0.1, -0.05) is 0 Å². The van der Waals surface area contributed by atoms with Crippen LogP contribution < -0.4 is 5.32 Å². The standard InChI is InChI=1S/C8H13N3O2/c12-7(13)6-2-5-11-4-1-3-9-8(11)10-6/h6H,1-5H2,(H,9,10)(H,12,13). The van der Waals surface area contributed by atoms with Crippen LogP contribution in [0.15, 0.2) is 4.99 Å². The minimum Gasteiger partial charge on any atom is -0.480 e. The van der Waals surface area contributed by atoms with Crippen LogP contribution in [0.2, 0.25) is 0 Å². The summed E-state index contributed by atoms with van der Waals surface area (Å²) in [6.45, 7) is 2.62. The lowest BCUT2D eigenvalue weighted by atomic mass is 10.1. The monoisotopic (exact) mass is 183 g/mol. The van der Waals surface area contributed by atoms with Gasteiger partial charge in [-0.05, 0) is 12.8 Å². The van der Waals surface area contributed by atoms with E-state index in [-0.39, 0.29) is 0 Å². The Balaban J connectivity index is 2.06. The van der Waals surface area contributed by atoms with Gasteiger partial charge in [0.15, 0.2) is 5.96 Å². The number of hydrogen-bond donors (Lipinski definition) is 2. The van der Waals surface area contributed by atoms with Gasteiger partial charge in [0.2, 0.25) is 0 Å². The van der Waals surface area contributed by atoms with Gasteiger partial charge in [0, 0.05) is 19.6 Å². The van der Waals surface area contributed by atoms with E-state index in [9.17, 15) is 4.79 Å². The lowest BCUT2D eigenvalue weighted by Gasteiger charge is -2.36. The second-order valence-electron chi connectivity index (χ2n) is 3.37. The summed E-state index contributed by atoms with van der Waals surface area (Å²) in [4.78, 5) is 17.1. The zero-order valence-electron chi connectivity index (χ0n) is 7.36. The van der Waals surface area contributed by atoms with E-state index in [4.69, 9.17) is 5.11 Å². The molecule has 0 aromatic rings. The molecule has 5 nitrogen and oxygen atoms in total. The smallest absolute Gasteiger partial charge is 0.326 e. The van der Waals surface area contributed by atoms with Crippen LogP contribution in [0.5, 0.6) is 0 Å². The van der Waals surface area contributed by atoms with Gasteiger partial charge in [0.1, 0.15) is 6.04 Å². The van der Waals surface area contributed by atoms with Crippen LogP contribution in [0.25, 0.3) is 0 Å².